The summed E-state index contributed by atoms with van der Waals surface area (Å²) >= 11 is 0. The lowest BCUT2D eigenvalue weighted by Crippen LogP contribution is -2.48. The summed E-state index contributed by atoms with van der Waals surface area (Å²) in [6, 6.07) is 10.9. The van der Waals surface area contributed by atoms with Crippen LogP contribution in [-0.4, -0.2) is 46.1 Å². The first kappa shape index (κ1) is 15.3. The Labute approximate surface area is 144 Å². The van der Waals surface area contributed by atoms with E-state index in [1.807, 2.05) is 24.3 Å². The quantitative estimate of drug-likeness (QED) is 0.727. The monoisotopic (exact) mass is 336 g/mol. The van der Waals surface area contributed by atoms with Crippen LogP contribution in [0.1, 0.15) is 22.2 Å². The second kappa shape index (κ2) is 6.35. The zero-order valence-electron chi connectivity index (χ0n) is 13.6. The molecule has 1 saturated heterocycles. The maximum atomic E-state index is 12.3. The molecule has 4 rings (SSSR count). The number of carbonyl (C=O) groups is 1. The van der Waals surface area contributed by atoms with E-state index in [2.05, 4.69) is 15.1 Å². The normalized spacial score (nSPS) is 14.2. The number of para-hydroxylation sites is 1. The predicted octanol–water partition coefficient (Wildman–Crippen LogP) is 2.38. The van der Waals surface area contributed by atoms with Gasteiger partial charge in [0, 0.05) is 31.0 Å². The molecule has 25 heavy (non-hydrogen) atoms. The Bertz CT molecular complexity index is 888. The van der Waals surface area contributed by atoms with Gasteiger partial charge in [0.15, 0.2) is 0 Å². The summed E-state index contributed by atoms with van der Waals surface area (Å²) in [5, 5.41) is 4.05. The van der Waals surface area contributed by atoms with Gasteiger partial charge in [-0.1, -0.05) is 17.3 Å². The van der Waals surface area contributed by atoms with Gasteiger partial charge in [-0.15, -0.1) is 0 Å². The van der Waals surface area contributed by atoms with Crippen molar-refractivity contribution in [2.45, 2.75) is 5.92 Å². The SMILES string of the molecule is COc1ccccc1-c1noc(C2CN(C(=O)c3ccncc3)C2)n1. The number of pyridine rings is 1. The van der Waals surface area contributed by atoms with Gasteiger partial charge in [0.05, 0.1) is 18.6 Å². The highest BCUT2D eigenvalue weighted by atomic mass is 16.5. The second-order valence-corrected chi connectivity index (χ2v) is 5.80. The molecule has 0 radical (unpaired) electrons. The van der Waals surface area contributed by atoms with Gasteiger partial charge < -0.3 is 14.2 Å². The largest absolute Gasteiger partial charge is 0.496 e. The van der Waals surface area contributed by atoms with E-state index in [1.54, 1.807) is 36.5 Å². The van der Waals surface area contributed by atoms with Crippen molar-refractivity contribution in [1.29, 1.82) is 0 Å². The van der Waals surface area contributed by atoms with Crippen LogP contribution in [-0.2, 0) is 0 Å². The van der Waals surface area contributed by atoms with Crippen LogP contribution < -0.4 is 4.74 Å². The van der Waals surface area contributed by atoms with Crippen LogP contribution in [0.2, 0.25) is 0 Å². The summed E-state index contributed by atoms with van der Waals surface area (Å²) in [5.41, 5.74) is 1.41. The van der Waals surface area contributed by atoms with E-state index in [0.29, 0.717) is 36.1 Å². The molecule has 0 unspecified atom stereocenters. The molecule has 0 N–H and O–H groups in total. The van der Waals surface area contributed by atoms with Gasteiger partial charge in [-0.05, 0) is 24.3 Å². The number of ether oxygens (including phenoxy) is 1. The van der Waals surface area contributed by atoms with Gasteiger partial charge in [0.2, 0.25) is 11.7 Å². The van der Waals surface area contributed by atoms with Crippen LogP contribution in [0.4, 0.5) is 0 Å². The van der Waals surface area contributed by atoms with Crippen molar-refractivity contribution >= 4 is 5.91 Å². The van der Waals surface area contributed by atoms with Crippen molar-refractivity contribution in [3.05, 3.63) is 60.2 Å². The summed E-state index contributed by atoms with van der Waals surface area (Å²) < 4.78 is 10.7. The lowest BCUT2D eigenvalue weighted by Gasteiger charge is -2.37. The van der Waals surface area contributed by atoms with Crippen molar-refractivity contribution in [3.8, 4) is 17.1 Å². The summed E-state index contributed by atoms with van der Waals surface area (Å²) in [6.07, 6.45) is 3.23. The van der Waals surface area contributed by atoms with Crippen molar-refractivity contribution in [2.75, 3.05) is 20.2 Å². The third kappa shape index (κ3) is 2.84. The van der Waals surface area contributed by atoms with Crippen molar-refractivity contribution < 1.29 is 14.1 Å². The summed E-state index contributed by atoms with van der Waals surface area (Å²) in [6.45, 7) is 1.13. The first-order chi connectivity index (χ1) is 12.3. The molecule has 126 valence electrons. The Morgan fingerprint density at radius 1 is 1.20 bits per heavy atom. The molecular formula is C18H16N4O3. The van der Waals surface area contributed by atoms with Gasteiger partial charge >= 0.3 is 0 Å². The Kier molecular flexibility index (Phi) is 3.89. The third-order valence-electron chi connectivity index (χ3n) is 4.23. The number of nitrogens with zero attached hydrogens (tertiary/aromatic N) is 4. The van der Waals surface area contributed by atoms with E-state index in [1.165, 1.54) is 0 Å². The summed E-state index contributed by atoms with van der Waals surface area (Å²) in [4.78, 5) is 22.5. The van der Waals surface area contributed by atoms with Crippen LogP contribution in [0.5, 0.6) is 5.75 Å². The van der Waals surface area contributed by atoms with Crippen LogP contribution in [0.3, 0.4) is 0 Å². The molecular weight excluding hydrogens is 320 g/mol. The molecule has 3 heterocycles. The Morgan fingerprint density at radius 3 is 2.72 bits per heavy atom. The Balaban J connectivity index is 1.45. The molecule has 2 aromatic heterocycles. The number of hydrogen-bond donors (Lipinski definition) is 0. The van der Waals surface area contributed by atoms with E-state index in [-0.39, 0.29) is 11.8 Å². The maximum Gasteiger partial charge on any atom is 0.254 e. The lowest BCUT2D eigenvalue weighted by molar-refractivity contribution is 0.0569. The van der Waals surface area contributed by atoms with Gasteiger partial charge in [-0.3, -0.25) is 9.78 Å². The van der Waals surface area contributed by atoms with E-state index >= 15 is 0 Å². The first-order valence-electron chi connectivity index (χ1n) is 7.92. The molecule has 0 atom stereocenters. The topological polar surface area (TPSA) is 81.4 Å². The van der Waals surface area contributed by atoms with E-state index in [0.717, 1.165) is 5.56 Å². The number of methoxy groups -OCH3 is 1. The number of carbonyl (C=O) groups excluding carboxylic acids is 1. The van der Waals surface area contributed by atoms with Crippen molar-refractivity contribution in [1.82, 2.24) is 20.0 Å². The van der Waals surface area contributed by atoms with Gasteiger partial charge in [-0.25, -0.2) is 0 Å². The number of hydrogen-bond acceptors (Lipinski definition) is 6. The molecule has 0 aliphatic carbocycles. The van der Waals surface area contributed by atoms with Gasteiger partial charge in [0.1, 0.15) is 5.75 Å². The number of aromatic nitrogens is 3. The molecule has 1 amide bonds. The molecule has 1 fully saturated rings. The minimum Gasteiger partial charge on any atom is -0.496 e. The number of amides is 1. The fraction of sp³-hybridized carbons (Fsp3) is 0.222. The fourth-order valence-electron chi connectivity index (χ4n) is 2.82. The van der Waals surface area contributed by atoms with Crippen LogP contribution in [0.25, 0.3) is 11.4 Å². The third-order valence-corrected chi connectivity index (χ3v) is 4.23. The lowest BCUT2D eigenvalue weighted by atomic mass is 9.99. The van der Waals surface area contributed by atoms with Crippen molar-refractivity contribution in [2.24, 2.45) is 0 Å². The highest BCUT2D eigenvalue weighted by molar-refractivity contribution is 5.94. The average molecular weight is 336 g/mol. The van der Waals surface area contributed by atoms with Crippen LogP contribution in [0.15, 0.2) is 53.3 Å². The molecule has 0 saturated carbocycles. The average Bonchev–Trinajstić information content (AvgIpc) is 3.10. The van der Waals surface area contributed by atoms with Crippen LogP contribution in [0, 0.1) is 0 Å². The molecule has 1 aliphatic heterocycles. The molecule has 7 heteroatoms. The molecule has 3 aromatic rings. The van der Waals surface area contributed by atoms with E-state index in [9.17, 15) is 4.79 Å². The molecule has 7 nitrogen and oxygen atoms in total. The number of benzene rings is 1. The smallest absolute Gasteiger partial charge is 0.254 e. The standard InChI is InChI=1S/C18H16N4O3/c1-24-15-5-3-2-4-14(15)16-20-17(25-21-16)13-10-22(11-13)18(23)12-6-8-19-9-7-12/h2-9,13H,10-11H2,1H3. The highest BCUT2D eigenvalue weighted by Gasteiger charge is 2.36. The minimum absolute atomic E-state index is 0.0110. The predicted molar refractivity (Wildman–Crippen MR) is 89.2 cm³/mol. The fourth-order valence-corrected chi connectivity index (χ4v) is 2.82. The first-order valence-corrected chi connectivity index (χ1v) is 7.92. The van der Waals surface area contributed by atoms with Gasteiger partial charge in [0.25, 0.3) is 5.91 Å². The van der Waals surface area contributed by atoms with E-state index in [4.69, 9.17) is 9.26 Å². The Hall–Kier alpha value is -3.22. The second-order valence-electron chi connectivity index (χ2n) is 5.80. The highest BCUT2D eigenvalue weighted by Crippen LogP contribution is 2.31. The number of rotatable bonds is 4. The number of likely N-dealkylation sites (tertiary alicyclic amines) is 1. The molecule has 0 bridgehead atoms. The van der Waals surface area contributed by atoms with Crippen molar-refractivity contribution in [3.63, 3.8) is 0 Å². The zero-order chi connectivity index (χ0) is 17.2. The minimum atomic E-state index is -0.0110. The zero-order valence-corrected chi connectivity index (χ0v) is 13.6. The summed E-state index contributed by atoms with van der Waals surface area (Å²) in [7, 11) is 1.61. The molecule has 0 spiro atoms. The van der Waals surface area contributed by atoms with Crippen LogP contribution >= 0.6 is 0 Å². The maximum absolute atomic E-state index is 12.3. The Morgan fingerprint density at radius 2 is 1.96 bits per heavy atom. The summed E-state index contributed by atoms with van der Waals surface area (Å²) in [5.74, 6) is 1.77. The molecule has 1 aromatic carbocycles. The molecule has 1 aliphatic rings. The van der Waals surface area contributed by atoms with Gasteiger partial charge in [-0.2, -0.15) is 4.98 Å². The van der Waals surface area contributed by atoms with E-state index < -0.39 is 0 Å².